The first-order chi connectivity index (χ1) is 18.4. The standard InChI is InChI=1S/C30H30N4O3S/c1-20-11-13-23(14-12-20)29(35)31-26(30(36)33-17-21(2)37-22(3)18-33)16-24-19-34(25-8-5-4-6-9-25)32-28(24)27-10-7-15-38-27/h4-16,19,21-22H,17-18H2,1-3H3,(H,31,35)/b26-16-/t21-,22-/m1/s1. The molecular formula is C30H30N4O3S. The van der Waals surface area contributed by atoms with Crippen molar-refractivity contribution in [3.8, 4) is 16.3 Å². The molecule has 1 N–H and O–H groups in total. The summed E-state index contributed by atoms with van der Waals surface area (Å²) in [5.41, 5.74) is 4.11. The Bertz CT molecular complexity index is 1430. The minimum absolute atomic E-state index is 0.0979. The second-order valence-electron chi connectivity index (χ2n) is 9.54. The Morgan fingerprint density at radius 3 is 2.37 bits per heavy atom. The van der Waals surface area contributed by atoms with Crippen molar-refractivity contribution in [2.75, 3.05) is 13.1 Å². The molecule has 2 atom stereocenters. The Kier molecular flexibility index (Phi) is 7.53. The molecule has 1 fully saturated rings. The summed E-state index contributed by atoms with van der Waals surface area (Å²) in [6, 6.07) is 21.1. The topological polar surface area (TPSA) is 76.5 Å². The van der Waals surface area contributed by atoms with E-state index >= 15 is 0 Å². The lowest BCUT2D eigenvalue weighted by molar-refractivity contribution is -0.139. The lowest BCUT2D eigenvalue weighted by Gasteiger charge is -2.35. The molecule has 7 nitrogen and oxygen atoms in total. The van der Waals surface area contributed by atoms with Gasteiger partial charge in [0.2, 0.25) is 0 Å². The number of nitrogens with zero attached hydrogens (tertiary/aromatic N) is 3. The number of nitrogens with one attached hydrogen (secondary N) is 1. The molecular weight excluding hydrogens is 496 g/mol. The van der Waals surface area contributed by atoms with Crippen molar-refractivity contribution in [3.05, 3.63) is 101 Å². The van der Waals surface area contributed by atoms with Gasteiger partial charge in [0.1, 0.15) is 11.4 Å². The monoisotopic (exact) mass is 526 g/mol. The van der Waals surface area contributed by atoms with E-state index in [4.69, 9.17) is 9.84 Å². The largest absolute Gasteiger partial charge is 0.372 e. The Labute approximate surface area is 226 Å². The van der Waals surface area contributed by atoms with Gasteiger partial charge in [0, 0.05) is 30.4 Å². The minimum Gasteiger partial charge on any atom is -0.372 e. The maximum Gasteiger partial charge on any atom is 0.270 e. The number of carbonyl (C=O) groups is 2. The maximum atomic E-state index is 13.9. The summed E-state index contributed by atoms with van der Waals surface area (Å²) in [6.07, 6.45) is 3.43. The number of carbonyl (C=O) groups excluding carboxylic acids is 2. The quantitative estimate of drug-likeness (QED) is 0.345. The first-order valence-corrected chi connectivity index (χ1v) is 13.5. The van der Waals surface area contributed by atoms with E-state index in [0.717, 1.165) is 27.4 Å². The molecule has 8 heteroatoms. The molecule has 0 radical (unpaired) electrons. The van der Waals surface area contributed by atoms with Crippen molar-refractivity contribution >= 4 is 29.2 Å². The van der Waals surface area contributed by atoms with E-state index in [9.17, 15) is 9.59 Å². The van der Waals surface area contributed by atoms with E-state index in [1.54, 1.807) is 39.1 Å². The number of aromatic nitrogens is 2. The van der Waals surface area contributed by atoms with E-state index < -0.39 is 0 Å². The van der Waals surface area contributed by atoms with Crippen LogP contribution in [-0.2, 0) is 9.53 Å². The van der Waals surface area contributed by atoms with Crippen LogP contribution in [0.2, 0.25) is 0 Å². The predicted molar refractivity (Wildman–Crippen MR) is 150 cm³/mol. The molecule has 4 aromatic rings. The summed E-state index contributed by atoms with van der Waals surface area (Å²) in [7, 11) is 0. The highest BCUT2D eigenvalue weighted by Crippen LogP contribution is 2.29. The van der Waals surface area contributed by atoms with Gasteiger partial charge in [-0.2, -0.15) is 5.10 Å². The van der Waals surface area contributed by atoms with Gasteiger partial charge in [-0.05, 0) is 62.6 Å². The number of hydrogen-bond acceptors (Lipinski definition) is 5. The van der Waals surface area contributed by atoms with Gasteiger partial charge in [-0.15, -0.1) is 11.3 Å². The number of hydrogen-bond donors (Lipinski definition) is 1. The molecule has 0 spiro atoms. The van der Waals surface area contributed by atoms with Crippen LogP contribution in [0.4, 0.5) is 0 Å². The molecule has 0 saturated carbocycles. The van der Waals surface area contributed by atoms with Gasteiger partial charge in [-0.25, -0.2) is 4.68 Å². The Morgan fingerprint density at radius 1 is 1.00 bits per heavy atom. The molecule has 2 aromatic carbocycles. The number of rotatable bonds is 6. The molecule has 5 rings (SSSR count). The van der Waals surface area contributed by atoms with Gasteiger partial charge in [-0.3, -0.25) is 9.59 Å². The summed E-state index contributed by atoms with van der Waals surface area (Å²) >= 11 is 1.57. The summed E-state index contributed by atoms with van der Waals surface area (Å²) in [5, 5.41) is 9.74. The van der Waals surface area contributed by atoms with Crippen LogP contribution in [0.1, 0.15) is 35.3 Å². The van der Waals surface area contributed by atoms with E-state index in [1.165, 1.54) is 0 Å². The molecule has 0 unspecified atom stereocenters. The van der Waals surface area contributed by atoms with Crippen molar-refractivity contribution in [3.63, 3.8) is 0 Å². The zero-order chi connectivity index (χ0) is 26.6. The second kappa shape index (κ2) is 11.2. The van der Waals surface area contributed by atoms with Crippen LogP contribution < -0.4 is 5.32 Å². The number of para-hydroxylation sites is 1. The van der Waals surface area contributed by atoms with E-state index in [1.807, 2.05) is 86.9 Å². The number of morpholine rings is 1. The van der Waals surface area contributed by atoms with Crippen LogP contribution >= 0.6 is 11.3 Å². The van der Waals surface area contributed by atoms with Gasteiger partial charge in [0.15, 0.2) is 0 Å². The fourth-order valence-electron chi connectivity index (χ4n) is 4.53. The molecule has 1 aliphatic rings. The smallest absolute Gasteiger partial charge is 0.270 e. The third-order valence-corrected chi connectivity index (χ3v) is 7.19. The average molecular weight is 527 g/mol. The van der Waals surface area contributed by atoms with Crippen LogP contribution in [0.25, 0.3) is 22.3 Å². The molecule has 2 aromatic heterocycles. The van der Waals surface area contributed by atoms with E-state index in [0.29, 0.717) is 18.7 Å². The summed E-state index contributed by atoms with van der Waals surface area (Å²) in [5.74, 6) is -0.593. The van der Waals surface area contributed by atoms with Crippen LogP contribution in [-0.4, -0.2) is 51.8 Å². The van der Waals surface area contributed by atoms with Crippen LogP contribution in [0, 0.1) is 6.92 Å². The first kappa shape index (κ1) is 25.6. The summed E-state index contributed by atoms with van der Waals surface area (Å²) in [4.78, 5) is 29.8. The molecule has 2 amide bonds. The molecule has 38 heavy (non-hydrogen) atoms. The van der Waals surface area contributed by atoms with Gasteiger partial charge in [0.05, 0.1) is 22.8 Å². The van der Waals surface area contributed by atoms with Gasteiger partial charge in [-0.1, -0.05) is 42.0 Å². The zero-order valence-electron chi connectivity index (χ0n) is 21.6. The van der Waals surface area contributed by atoms with Gasteiger partial charge in [0.25, 0.3) is 11.8 Å². The lowest BCUT2D eigenvalue weighted by atomic mass is 10.1. The third-order valence-electron chi connectivity index (χ3n) is 6.32. The van der Waals surface area contributed by atoms with Crippen LogP contribution in [0.15, 0.2) is 84.0 Å². The Balaban J connectivity index is 1.57. The molecule has 0 bridgehead atoms. The summed E-state index contributed by atoms with van der Waals surface area (Å²) < 4.78 is 7.63. The first-order valence-electron chi connectivity index (χ1n) is 12.6. The highest BCUT2D eigenvalue weighted by atomic mass is 32.1. The predicted octanol–water partition coefficient (Wildman–Crippen LogP) is 5.32. The number of benzene rings is 2. The highest BCUT2D eigenvalue weighted by molar-refractivity contribution is 7.13. The number of ether oxygens (including phenoxy) is 1. The highest BCUT2D eigenvalue weighted by Gasteiger charge is 2.29. The molecule has 0 aliphatic carbocycles. The normalized spacial score (nSPS) is 17.9. The van der Waals surface area contributed by atoms with Crippen molar-refractivity contribution in [2.45, 2.75) is 33.0 Å². The van der Waals surface area contributed by atoms with E-state index in [-0.39, 0.29) is 29.7 Å². The van der Waals surface area contributed by atoms with Gasteiger partial charge < -0.3 is 15.0 Å². The Morgan fingerprint density at radius 2 is 1.71 bits per heavy atom. The average Bonchev–Trinajstić information content (AvgIpc) is 3.58. The molecule has 1 aliphatic heterocycles. The van der Waals surface area contributed by atoms with Gasteiger partial charge >= 0.3 is 0 Å². The second-order valence-corrected chi connectivity index (χ2v) is 10.5. The van der Waals surface area contributed by atoms with Crippen molar-refractivity contribution < 1.29 is 14.3 Å². The van der Waals surface area contributed by atoms with E-state index in [2.05, 4.69) is 5.32 Å². The molecule has 194 valence electrons. The SMILES string of the molecule is Cc1ccc(C(=O)N/C(=C\c2cn(-c3ccccc3)nc2-c2cccs2)C(=O)N2C[C@@H](C)O[C@H](C)C2)cc1. The van der Waals surface area contributed by atoms with Crippen LogP contribution in [0.5, 0.6) is 0 Å². The molecule has 3 heterocycles. The van der Waals surface area contributed by atoms with Crippen molar-refractivity contribution in [2.24, 2.45) is 0 Å². The number of thiophene rings is 1. The van der Waals surface area contributed by atoms with Crippen LogP contribution in [0.3, 0.4) is 0 Å². The zero-order valence-corrected chi connectivity index (χ0v) is 22.4. The lowest BCUT2D eigenvalue weighted by Crippen LogP contribution is -2.50. The fraction of sp³-hybridized carbons (Fsp3) is 0.233. The minimum atomic E-state index is -0.341. The fourth-order valence-corrected chi connectivity index (χ4v) is 5.26. The molecule has 1 saturated heterocycles. The van der Waals surface area contributed by atoms with Crippen molar-refractivity contribution in [1.82, 2.24) is 20.0 Å². The summed E-state index contributed by atoms with van der Waals surface area (Å²) in [6.45, 7) is 6.75. The third kappa shape index (κ3) is 5.77. The number of amides is 2. The number of aryl methyl sites for hydroxylation is 1. The maximum absolute atomic E-state index is 13.9. The van der Waals surface area contributed by atoms with Crippen molar-refractivity contribution in [1.29, 1.82) is 0 Å². The Hall–Kier alpha value is -4.01.